The van der Waals surface area contributed by atoms with Crippen LogP contribution in [0.3, 0.4) is 0 Å². The molecular formula is C20H26N2O4S2. The average molecular weight is 423 g/mol. The molecule has 0 saturated heterocycles. The normalized spacial score (nSPS) is 12.3. The molecule has 0 heterocycles. The molecule has 2 aromatic carbocycles. The van der Waals surface area contributed by atoms with Crippen molar-refractivity contribution in [1.29, 1.82) is 0 Å². The molecule has 0 saturated carbocycles. The summed E-state index contributed by atoms with van der Waals surface area (Å²) in [4.78, 5) is 14.0. The molecule has 2 aromatic rings. The molecule has 1 atom stereocenters. The highest BCUT2D eigenvalue weighted by molar-refractivity contribution is 7.99. The highest BCUT2D eigenvalue weighted by Crippen LogP contribution is 2.29. The monoisotopic (exact) mass is 422 g/mol. The Hall–Kier alpha value is -2.19. The van der Waals surface area contributed by atoms with Crippen LogP contribution in [0.5, 0.6) is 5.75 Å². The van der Waals surface area contributed by atoms with Crippen molar-refractivity contribution in [3.05, 3.63) is 48.5 Å². The van der Waals surface area contributed by atoms with Gasteiger partial charge in [-0.25, -0.2) is 8.42 Å². The number of nitrogens with one attached hydrogen (secondary N) is 1. The molecule has 28 heavy (non-hydrogen) atoms. The van der Waals surface area contributed by atoms with Gasteiger partial charge < -0.3 is 10.1 Å². The Morgan fingerprint density at radius 3 is 2.50 bits per heavy atom. The number of nitrogens with zero attached hydrogens (tertiary/aromatic N) is 1. The maximum atomic E-state index is 13.1. The fourth-order valence-electron chi connectivity index (χ4n) is 2.88. The molecule has 8 heteroatoms. The summed E-state index contributed by atoms with van der Waals surface area (Å²) in [6.07, 6.45) is 1.42. The van der Waals surface area contributed by atoms with E-state index < -0.39 is 16.1 Å². The van der Waals surface area contributed by atoms with Gasteiger partial charge in [0.1, 0.15) is 11.8 Å². The lowest BCUT2D eigenvalue weighted by molar-refractivity contribution is -0.117. The highest BCUT2D eigenvalue weighted by Gasteiger charge is 2.32. The first-order chi connectivity index (χ1) is 13.3. The summed E-state index contributed by atoms with van der Waals surface area (Å²) in [6.45, 7) is 3.82. The zero-order valence-electron chi connectivity index (χ0n) is 16.5. The number of hydrogen-bond donors (Lipinski definition) is 1. The van der Waals surface area contributed by atoms with Crippen LogP contribution in [0.4, 0.5) is 11.4 Å². The van der Waals surface area contributed by atoms with E-state index in [1.165, 1.54) is 7.11 Å². The van der Waals surface area contributed by atoms with Gasteiger partial charge in [-0.3, -0.25) is 9.10 Å². The molecule has 1 unspecified atom stereocenters. The Kier molecular flexibility index (Phi) is 7.77. The van der Waals surface area contributed by atoms with Gasteiger partial charge >= 0.3 is 0 Å². The third-order valence-electron chi connectivity index (χ3n) is 4.08. The number of rotatable bonds is 9. The Morgan fingerprint density at radius 2 is 1.89 bits per heavy atom. The molecule has 0 bridgehead atoms. The Bertz CT molecular complexity index is 916. The van der Waals surface area contributed by atoms with Crippen molar-refractivity contribution in [3.8, 4) is 5.75 Å². The van der Waals surface area contributed by atoms with E-state index in [1.54, 1.807) is 43.0 Å². The van der Waals surface area contributed by atoms with Gasteiger partial charge in [0.15, 0.2) is 0 Å². The molecule has 0 aliphatic rings. The van der Waals surface area contributed by atoms with Crippen molar-refractivity contribution < 1.29 is 17.9 Å². The third kappa shape index (κ3) is 5.42. The maximum absolute atomic E-state index is 13.1. The lowest BCUT2D eigenvalue weighted by Gasteiger charge is -2.30. The highest BCUT2D eigenvalue weighted by atomic mass is 32.2. The molecule has 0 radical (unpaired) electrons. The first-order valence-corrected chi connectivity index (χ1v) is 11.8. The van der Waals surface area contributed by atoms with E-state index in [1.807, 2.05) is 31.2 Å². The molecule has 1 N–H and O–H groups in total. The third-order valence-corrected chi connectivity index (χ3v) is 6.22. The number of anilines is 2. The lowest BCUT2D eigenvalue weighted by atomic mass is 10.1. The van der Waals surface area contributed by atoms with Crippen molar-refractivity contribution in [1.82, 2.24) is 0 Å². The molecule has 0 aliphatic heterocycles. The van der Waals surface area contributed by atoms with Gasteiger partial charge in [0.25, 0.3) is 0 Å². The Balaban J connectivity index is 2.40. The SMILES string of the molecule is CCSc1ccccc1NC(=O)C(CC)N(c1cccc(OC)c1)S(C)(=O)=O. The van der Waals surface area contributed by atoms with E-state index in [2.05, 4.69) is 5.32 Å². The molecule has 0 spiro atoms. The van der Waals surface area contributed by atoms with Crippen molar-refractivity contribution in [2.24, 2.45) is 0 Å². The zero-order chi connectivity index (χ0) is 20.7. The molecule has 0 aromatic heterocycles. The van der Waals surface area contributed by atoms with Crippen LogP contribution in [0.15, 0.2) is 53.4 Å². The van der Waals surface area contributed by atoms with Crippen LogP contribution in [-0.4, -0.2) is 39.5 Å². The second-order valence-corrected chi connectivity index (χ2v) is 9.27. The summed E-state index contributed by atoms with van der Waals surface area (Å²) in [7, 11) is -2.19. The number of carbonyl (C=O) groups is 1. The van der Waals surface area contributed by atoms with Gasteiger partial charge in [-0.1, -0.05) is 32.0 Å². The molecule has 152 valence electrons. The number of ether oxygens (including phenoxy) is 1. The van der Waals surface area contributed by atoms with E-state index >= 15 is 0 Å². The van der Waals surface area contributed by atoms with Crippen LogP contribution in [0.2, 0.25) is 0 Å². The maximum Gasteiger partial charge on any atom is 0.248 e. The number of hydrogen-bond acceptors (Lipinski definition) is 5. The number of amides is 1. The van der Waals surface area contributed by atoms with Gasteiger partial charge in [0.05, 0.1) is 24.7 Å². The molecule has 6 nitrogen and oxygen atoms in total. The minimum atomic E-state index is -3.70. The van der Waals surface area contributed by atoms with Crippen molar-refractivity contribution >= 4 is 39.1 Å². The van der Waals surface area contributed by atoms with Crippen LogP contribution in [0, 0.1) is 0 Å². The summed E-state index contributed by atoms with van der Waals surface area (Å²) in [5.74, 6) is 1.01. The summed E-state index contributed by atoms with van der Waals surface area (Å²) in [6, 6.07) is 13.3. The molecular weight excluding hydrogens is 396 g/mol. The topological polar surface area (TPSA) is 75.7 Å². The van der Waals surface area contributed by atoms with Crippen molar-refractivity contribution in [3.63, 3.8) is 0 Å². The van der Waals surface area contributed by atoms with Crippen LogP contribution >= 0.6 is 11.8 Å². The minimum absolute atomic E-state index is 0.319. The smallest absolute Gasteiger partial charge is 0.248 e. The predicted molar refractivity (Wildman–Crippen MR) is 116 cm³/mol. The van der Waals surface area contributed by atoms with Crippen molar-refractivity contribution in [2.75, 3.05) is 28.7 Å². The lowest BCUT2D eigenvalue weighted by Crippen LogP contribution is -2.47. The predicted octanol–water partition coefficient (Wildman–Crippen LogP) is 3.99. The van der Waals surface area contributed by atoms with Crippen molar-refractivity contribution in [2.45, 2.75) is 31.2 Å². The summed E-state index contributed by atoms with van der Waals surface area (Å²) < 4.78 is 31.5. The van der Waals surface area contributed by atoms with E-state index in [0.717, 1.165) is 21.2 Å². The number of methoxy groups -OCH3 is 1. The van der Waals surface area contributed by atoms with E-state index in [9.17, 15) is 13.2 Å². The van der Waals surface area contributed by atoms with E-state index in [0.29, 0.717) is 23.5 Å². The fraction of sp³-hybridized carbons (Fsp3) is 0.350. The largest absolute Gasteiger partial charge is 0.497 e. The second kappa shape index (κ2) is 9.84. The first-order valence-electron chi connectivity index (χ1n) is 8.98. The number of thioether (sulfide) groups is 1. The van der Waals surface area contributed by atoms with Gasteiger partial charge in [-0.15, -0.1) is 11.8 Å². The summed E-state index contributed by atoms with van der Waals surface area (Å²) >= 11 is 1.62. The quantitative estimate of drug-likeness (QED) is 0.619. The zero-order valence-corrected chi connectivity index (χ0v) is 18.1. The van der Waals surface area contributed by atoms with Gasteiger partial charge in [0.2, 0.25) is 15.9 Å². The summed E-state index contributed by atoms with van der Waals surface area (Å²) in [5, 5.41) is 2.90. The number of sulfonamides is 1. The minimum Gasteiger partial charge on any atom is -0.497 e. The fourth-order valence-corrected chi connectivity index (χ4v) is 4.84. The second-order valence-electron chi connectivity index (χ2n) is 6.10. The van der Waals surface area contributed by atoms with Gasteiger partial charge in [-0.2, -0.15) is 0 Å². The van der Waals surface area contributed by atoms with Crippen LogP contribution in [0.25, 0.3) is 0 Å². The van der Waals surface area contributed by atoms with Gasteiger partial charge in [-0.05, 0) is 36.4 Å². The van der Waals surface area contributed by atoms with Gasteiger partial charge in [0, 0.05) is 11.0 Å². The molecule has 2 rings (SSSR count). The number of para-hydroxylation sites is 1. The number of carbonyl (C=O) groups excluding carboxylic acids is 1. The van der Waals surface area contributed by atoms with E-state index in [4.69, 9.17) is 4.74 Å². The van der Waals surface area contributed by atoms with Crippen LogP contribution in [-0.2, 0) is 14.8 Å². The van der Waals surface area contributed by atoms with E-state index in [-0.39, 0.29) is 5.91 Å². The standard InChI is InChI=1S/C20H26N2O4S2/c1-5-18(20(23)21-17-12-7-8-13-19(17)27-6-2)22(28(4,24)25)15-10-9-11-16(14-15)26-3/h7-14,18H,5-6H2,1-4H3,(H,21,23). The summed E-state index contributed by atoms with van der Waals surface area (Å²) in [5.41, 5.74) is 1.07. The Morgan fingerprint density at radius 1 is 1.18 bits per heavy atom. The molecule has 0 aliphatic carbocycles. The van der Waals surface area contributed by atoms with Crippen LogP contribution in [0.1, 0.15) is 20.3 Å². The molecule has 0 fully saturated rings. The number of benzene rings is 2. The Labute approximate surface area is 171 Å². The first kappa shape index (κ1) is 22.1. The van der Waals surface area contributed by atoms with Crippen LogP contribution < -0.4 is 14.4 Å². The molecule has 1 amide bonds. The average Bonchev–Trinajstić information content (AvgIpc) is 2.66.